The van der Waals surface area contributed by atoms with Crippen LogP contribution in [0.25, 0.3) is 0 Å². The first-order valence-corrected chi connectivity index (χ1v) is 7.82. The number of nitrogens with zero attached hydrogens (tertiary/aromatic N) is 2. The summed E-state index contributed by atoms with van der Waals surface area (Å²) in [5, 5.41) is 6.71. The van der Waals surface area contributed by atoms with Gasteiger partial charge in [-0.1, -0.05) is 0 Å². The fraction of sp³-hybridized carbons (Fsp3) is 0.867. The number of guanidine groups is 1. The smallest absolute Gasteiger partial charge is 0.410 e. The zero-order valence-electron chi connectivity index (χ0n) is 13.6. The molecule has 0 spiro atoms. The number of rotatable bonds is 3. The van der Waals surface area contributed by atoms with Crippen molar-refractivity contribution < 1.29 is 9.53 Å². The van der Waals surface area contributed by atoms with Crippen molar-refractivity contribution in [2.75, 3.05) is 26.7 Å². The molecule has 1 unspecified atom stereocenters. The standard InChI is InChI=1S/C15H28N4O2/c1-15(2,3)21-14(20)19-8-7-11(10-19)9-17-13(16-4)18-12-5-6-12/h11-12H,5-10H2,1-4H3,(H2,16,17,18). The number of carbonyl (C=O) groups is 1. The molecule has 0 aromatic heterocycles. The maximum absolute atomic E-state index is 12.0. The fourth-order valence-electron chi connectivity index (χ4n) is 2.35. The summed E-state index contributed by atoms with van der Waals surface area (Å²) in [7, 11) is 1.79. The third kappa shape index (κ3) is 5.44. The van der Waals surface area contributed by atoms with Gasteiger partial charge >= 0.3 is 6.09 Å². The summed E-state index contributed by atoms with van der Waals surface area (Å²) in [4.78, 5) is 18.0. The van der Waals surface area contributed by atoms with E-state index in [0.717, 1.165) is 32.0 Å². The highest BCUT2D eigenvalue weighted by atomic mass is 16.6. The van der Waals surface area contributed by atoms with Crippen LogP contribution in [0.3, 0.4) is 0 Å². The Kier molecular flexibility index (Phi) is 4.96. The normalized spacial score (nSPS) is 23.1. The van der Waals surface area contributed by atoms with Crippen molar-refractivity contribution in [3.63, 3.8) is 0 Å². The lowest BCUT2D eigenvalue weighted by Gasteiger charge is -2.24. The van der Waals surface area contributed by atoms with Crippen LogP contribution in [-0.2, 0) is 4.74 Å². The molecule has 2 N–H and O–H groups in total. The number of likely N-dealkylation sites (tertiary alicyclic amines) is 1. The summed E-state index contributed by atoms with van der Waals surface area (Å²) in [5.41, 5.74) is -0.427. The van der Waals surface area contributed by atoms with Gasteiger partial charge in [0.25, 0.3) is 0 Å². The minimum atomic E-state index is -0.427. The van der Waals surface area contributed by atoms with Gasteiger partial charge in [-0.25, -0.2) is 4.79 Å². The number of ether oxygens (including phenoxy) is 1. The van der Waals surface area contributed by atoms with Gasteiger partial charge in [-0.3, -0.25) is 4.99 Å². The number of amides is 1. The van der Waals surface area contributed by atoms with E-state index in [1.807, 2.05) is 20.8 Å². The van der Waals surface area contributed by atoms with Gasteiger partial charge in [0.15, 0.2) is 5.96 Å². The van der Waals surface area contributed by atoms with Gasteiger partial charge in [0.1, 0.15) is 5.60 Å². The van der Waals surface area contributed by atoms with Crippen molar-refractivity contribution >= 4 is 12.1 Å². The summed E-state index contributed by atoms with van der Waals surface area (Å²) in [6, 6.07) is 0.595. The highest BCUT2D eigenvalue weighted by Crippen LogP contribution is 2.20. The van der Waals surface area contributed by atoms with Gasteiger partial charge in [-0.05, 0) is 46.0 Å². The molecule has 2 aliphatic rings. The lowest BCUT2D eigenvalue weighted by Crippen LogP contribution is -2.41. The highest BCUT2D eigenvalue weighted by Gasteiger charge is 2.30. The quantitative estimate of drug-likeness (QED) is 0.613. The van der Waals surface area contributed by atoms with E-state index < -0.39 is 5.60 Å². The lowest BCUT2D eigenvalue weighted by molar-refractivity contribution is 0.0288. The Bertz CT molecular complexity index is 399. The molecule has 120 valence electrons. The number of aliphatic imine (C=N–C) groups is 1. The molecule has 2 fully saturated rings. The Morgan fingerprint density at radius 2 is 2.05 bits per heavy atom. The summed E-state index contributed by atoms with van der Waals surface area (Å²) in [5.74, 6) is 1.32. The van der Waals surface area contributed by atoms with E-state index >= 15 is 0 Å². The van der Waals surface area contributed by atoms with Crippen LogP contribution in [0, 0.1) is 5.92 Å². The van der Waals surface area contributed by atoms with Crippen LogP contribution < -0.4 is 10.6 Å². The maximum Gasteiger partial charge on any atom is 0.410 e. The lowest BCUT2D eigenvalue weighted by atomic mass is 10.1. The van der Waals surface area contributed by atoms with E-state index in [-0.39, 0.29) is 6.09 Å². The van der Waals surface area contributed by atoms with Gasteiger partial charge in [0.2, 0.25) is 0 Å². The SMILES string of the molecule is CN=C(NCC1CCN(C(=O)OC(C)(C)C)C1)NC1CC1. The van der Waals surface area contributed by atoms with Crippen LogP contribution in [0.2, 0.25) is 0 Å². The molecule has 1 saturated carbocycles. The Hall–Kier alpha value is -1.46. The average molecular weight is 296 g/mol. The predicted octanol–water partition coefficient (Wildman–Crippen LogP) is 1.57. The van der Waals surface area contributed by atoms with Gasteiger partial charge in [-0.15, -0.1) is 0 Å². The minimum Gasteiger partial charge on any atom is -0.444 e. The van der Waals surface area contributed by atoms with E-state index in [4.69, 9.17) is 4.74 Å². The molecule has 0 aromatic rings. The molecule has 21 heavy (non-hydrogen) atoms. The average Bonchev–Trinajstić information content (AvgIpc) is 3.07. The molecule has 0 radical (unpaired) electrons. The van der Waals surface area contributed by atoms with Gasteiger partial charge in [0, 0.05) is 32.7 Å². The molecule has 1 aliphatic carbocycles. The first-order valence-electron chi connectivity index (χ1n) is 7.82. The summed E-state index contributed by atoms with van der Waals surface area (Å²) < 4.78 is 5.41. The van der Waals surface area contributed by atoms with E-state index in [0.29, 0.717) is 12.0 Å². The summed E-state index contributed by atoms with van der Waals surface area (Å²) >= 11 is 0. The van der Waals surface area contributed by atoms with Crippen LogP contribution in [0.15, 0.2) is 4.99 Å². The second-order valence-corrected chi connectivity index (χ2v) is 6.95. The Balaban J connectivity index is 1.70. The zero-order valence-corrected chi connectivity index (χ0v) is 13.6. The first kappa shape index (κ1) is 15.9. The summed E-state index contributed by atoms with van der Waals surface area (Å²) in [6.07, 6.45) is 3.27. The second kappa shape index (κ2) is 6.54. The number of hydrogen-bond acceptors (Lipinski definition) is 3. The topological polar surface area (TPSA) is 66.0 Å². The third-order valence-corrected chi connectivity index (χ3v) is 3.64. The molecule has 1 heterocycles. The van der Waals surface area contributed by atoms with Crippen molar-refractivity contribution in [1.29, 1.82) is 0 Å². The molecular formula is C15H28N4O2. The third-order valence-electron chi connectivity index (χ3n) is 3.64. The van der Waals surface area contributed by atoms with Crippen LogP contribution in [-0.4, -0.2) is 55.3 Å². The van der Waals surface area contributed by atoms with Crippen molar-refractivity contribution in [1.82, 2.24) is 15.5 Å². The molecule has 1 amide bonds. The van der Waals surface area contributed by atoms with Crippen molar-refractivity contribution in [3.05, 3.63) is 0 Å². The van der Waals surface area contributed by atoms with Crippen molar-refractivity contribution in [2.24, 2.45) is 10.9 Å². The van der Waals surface area contributed by atoms with Gasteiger partial charge in [0.05, 0.1) is 0 Å². The molecular weight excluding hydrogens is 268 g/mol. The van der Waals surface area contributed by atoms with E-state index in [1.165, 1.54) is 12.8 Å². The van der Waals surface area contributed by atoms with Crippen molar-refractivity contribution in [3.8, 4) is 0 Å². The van der Waals surface area contributed by atoms with Crippen LogP contribution in [0.4, 0.5) is 4.79 Å². The Morgan fingerprint density at radius 1 is 1.33 bits per heavy atom. The zero-order chi connectivity index (χ0) is 15.5. The number of nitrogens with one attached hydrogen (secondary N) is 2. The molecule has 0 aromatic carbocycles. The van der Waals surface area contributed by atoms with Gasteiger partial charge in [-0.2, -0.15) is 0 Å². The molecule has 6 nitrogen and oxygen atoms in total. The van der Waals surface area contributed by atoms with Crippen LogP contribution in [0.1, 0.15) is 40.0 Å². The first-order chi connectivity index (χ1) is 9.87. The summed E-state index contributed by atoms with van der Waals surface area (Å²) in [6.45, 7) is 8.05. The van der Waals surface area contributed by atoms with Crippen molar-refractivity contribution in [2.45, 2.75) is 51.7 Å². The molecule has 0 bridgehead atoms. The largest absolute Gasteiger partial charge is 0.444 e. The number of hydrogen-bond donors (Lipinski definition) is 2. The van der Waals surface area contributed by atoms with E-state index in [2.05, 4.69) is 15.6 Å². The molecule has 1 atom stereocenters. The molecule has 6 heteroatoms. The Morgan fingerprint density at radius 3 is 2.62 bits per heavy atom. The Labute approximate surface area is 127 Å². The molecule has 1 saturated heterocycles. The van der Waals surface area contributed by atoms with Gasteiger partial charge < -0.3 is 20.3 Å². The monoisotopic (exact) mass is 296 g/mol. The molecule has 1 aliphatic heterocycles. The van der Waals surface area contributed by atoms with E-state index in [1.54, 1.807) is 11.9 Å². The number of carbonyl (C=O) groups excluding carboxylic acids is 1. The van der Waals surface area contributed by atoms with Crippen LogP contribution >= 0.6 is 0 Å². The molecule has 2 rings (SSSR count). The van der Waals surface area contributed by atoms with E-state index in [9.17, 15) is 4.79 Å². The minimum absolute atomic E-state index is 0.203. The highest BCUT2D eigenvalue weighted by molar-refractivity contribution is 5.80. The predicted molar refractivity (Wildman–Crippen MR) is 83.4 cm³/mol. The maximum atomic E-state index is 12.0. The van der Waals surface area contributed by atoms with Crippen LogP contribution in [0.5, 0.6) is 0 Å². The second-order valence-electron chi connectivity index (χ2n) is 6.95. The fourth-order valence-corrected chi connectivity index (χ4v) is 2.35.